The molecule has 0 bridgehead atoms. The minimum Gasteiger partial charge on any atom is -0.481 e. The van der Waals surface area contributed by atoms with Gasteiger partial charge in [-0.3, -0.25) is 4.79 Å². The average molecular weight is 260 g/mol. The second-order valence-electron chi connectivity index (χ2n) is 4.16. The fraction of sp³-hybridized carbons (Fsp3) is 0.286. The van der Waals surface area contributed by atoms with Crippen molar-refractivity contribution >= 4 is 5.97 Å². The molecule has 1 aromatic heterocycles. The SMILES string of the molecule is O=C(O)CCCNCc1ncc(-c2ccccc2)o1. The van der Waals surface area contributed by atoms with E-state index in [1.165, 1.54) is 0 Å². The number of nitrogens with one attached hydrogen (secondary N) is 1. The highest BCUT2D eigenvalue weighted by Gasteiger charge is 2.05. The second-order valence-corrected chi connectivity index (χ2v) is 4.16. The third kappa shape index (κ3) is 4.22. The van der Waals surface area contributed by atoms with Crippen molar-refractivity contribution in [3.05, 3.63) is 42.4 Å². The Balaban J connectivity index is 1.80. The molecule has 1 heterocycles. The summed E-state index contributed by atoms with van der Waals surface area (Å²) in [5.41, 5.74) is 0.993. The average Bonchev–Trinajstić information content (AvgIpc) is 2.88. The summed E-state index contributed by atoms with van der Waals surface area (Å²) in [7, 11) is 0. The molecule has 5 nitrogen and oxygen atoms in total. The Morgan fingerprint density at radius 3 is 2.84 bits per heavy atom. The smallest absolute Gasteiger partial charge is 0.303 e. The molecule has 2 rings (SSSR count). The normalized spacial score (nSPS) is 10.5. The predicted octanol–water partition coefficient (Wildman–Crippen LogP) is 2.30. The summed E-state index contributed by atoms with van der Waals surface area (Å²) in [5.74, 6) is 0.571. The molecule has 100 valence electrons. The number of nitrogens with zero attached hydrogens (tertiary/aromatic N) is 1. The first-order chi connectivity index (χ1) is 9.25. The lowest BCUT2D eigenvalue weighted by Crippen LogP contribution is -2.15. The molecule has 0 saturated carbocycles. The van der Waals surface area contributed by atoms with E-state index in [4.69, 9.17) is 9.52 Å². The summed E-state index contributed by atoms with van der Waals surface area (Å²) in [6.45, 7) is 1.14. The molecule has 0 unspecified atom stereocenters. The van der Waals surface area contributed by atoms with Crippen molar-refractivity contribution in [2.45, 2.75) is 19.4 Å². The first-order valence-electron chi connectivity index (χ1n) is 6.18. The van der Waals surface area contributed by atoms with E-state index in [9.17, 15) is 4.79 Å². The fourth-order valence-electron chi connectivity index (χ4n) is 1.69. The van der Waals surface area contributed by atoms with E-state index in [0.717, 1.165) is 11.3 Å². The predicted molar refractivity (Wildman–Crippen MR) is 70.5 cm³/mol. The molecule has 0 aliphatic carbocycles. The van der Waals surface area contributed by atoms with Crippen molar-refractivity contribution in [3.63, 3.8) is 0 Å². The number of benzene rings is 1. The van der Waals surface area contributed by atoms with Crippen LogP contribution in [-0.2, 0) is 11.3 Å². The van der Waals surface area contributed by atoms with Gasteiger partial charge in [0.2, 0.25) is 5.89 Å². The molecule has 0 spiro atoms. The van der Waals surface area contributed by atoms with Crippen LogP contribution in [0.25, 0.3) is 11.3 Å². The molecule has 1 aromatic carbocycles. The van der Waals surface area contributed by atoms with Crippen LogP contribution in [0.5, 0.6) is 0 Å². The number of aliphatic carboxylic acids is 1. The molecule has 0 saturated heterocycles. The zero-order valence-corrected chi connectivity index (χ0v) is 10.5. The van der Waals surface area contributed by atoms with Crippen molar-refractivity contribution < 1.29 is 14.3 Å². The van der Waals surface area contributed by atoms with Crippen LogP contribution in [0.1, 0.15) is 18.7 Å². The van der Waals surface area contributed by atoms with Crippen LogP contribution in [0.15, 0.2) is 40.9 Å². The van der Waals surface area contributed by atoms with Gasteiger partial charge in [-0.25, -0.2) is 4.98 Å². The monoisotopic (exact) mass is 260 g/mol. The molecule has 5 heteroatoms. The van der Waals surface area contributed by atoms with Crippen LogP contribution in [0, 0.1) is 0 Å². The van der Waals surface area contributed by atoms with E-state index in [2.05, 4.69) is 10.3 Å². The van der Waals surface area contributed by atoms with Gasteiger partial charge in [0.05, 0.1) is 12.7 Å². The van der Waals surface area contributed by atoms with E-state index < -0.39 is 5.97 Å². The van der Waals surface area contributed by atoms with Crippen LogP contribution in [0.3, 0.4) is 0 Å². The van der Waals surface area contributed by atoms with Crippen LogP contribution >= 0.6 is 0 Å². The molecule has 0 atom stereocenters. The summed E-state index contributed by atoms with van der Waals surface area (Å²) < 4.78 is 5.61. The summed E-state index contributed by atoms with van der Waals surface area (Å²) in [5, 5.41) is 11.6. The van der Waals surface area contributed by atoms with Gasteiger partial charge in [-0.05, 0) is 13.0 Å². The van der Waals surface area contributed by atoms with Crippen molar-refractivity contribution in [2.24, 2.45) is 0 Å². The number of carboxylic acid groups (broad SMARTS) is 1. The molecule has 0 amide bonds. The lowest BCUT2D eigenvalue weighted by molar-refractivity contribution is -0.137. The highest BCUT2D eigenvalue weighted by atomic mass is 16.4. The number of aromatic nitrogens is 1. The van der Waals surface area contributed by atoms with Gasteiger partial charge in [-0.2, -0.15) is 0 Å². The van der Waals surface area contributed by atoms with Gasteiger partial charge in [0, 0.05) is 12.0 Å². The van der Waals surface area contributed by atoms with Gasteiger partial charge in [0.1, 0.15) is 0 Å². The van der Waals surface area contributed by atoms with Crippen molar-refractivity contribution in [2.75, 3.05) is 6.54 Å². The third-order valence-corrected chi connectivity index (χ3v) is 2.63. The van der Waals surface area contributed by atoms with Crippen LogP contribution in [0.4, 0.5) is 0 Å². The minimum absolute atomic E-state index is 0.174. The molecule has 0 fully saturated rings. The number of hydrogen-bond acceptors (Lipinski definition) is 4. The van der Waals surface area contributed by atoms with Crippen LogP contribution < -0.4 is 5.32 Å². The highest BCUT2D eigenvalue weighted by Crippen LogP contribution is 2.19. The van der Waals surface area contributed by atoms with Gasteiger partial charge in [0.25, 0.3) is 0 Å². The quantitative estimate of drug-likeness (QED) is 0.747. The molecule has 2 N–H and O–H groups in total. The minimum atomic E-state index is -0.774. The lowest BCUT2D eigenvalue weighted by Gasteiger charge is -2.00. The maximum atomic E-state index is 10.3. The van der Waals surface area contributed by atoms with E-state index in [1.54, 1.807) is 6.20 Å². The van der Waals surface area contributed by atoms with E-state index in [1.807, 2.05) is 30.3 Å². The number of carboxylic acids is 1. The van der Waals surface area contributed by atoms with Gasteiger partial charge in [0.15, 0.2) is 5.76 Å². The maximum absolute atomic E-state index is 10.3. The Kier molecular flexibility index (Phi) is 4.69. The fourth-order valence-corrected chi connectivity index (χ4v) is 1.69. The van der Waals surface area contributed by atoms with Crippen molar-refractivity contribution in [3.8, 4) is 11.3 Å². The Morgan fingerprint density at radius 2 is 2.11 bits per heavy atom. The molecular weight excluding hydrogens is 244 g/mol. The van der Waals surface area contributed by atoms with Gasteiger partial charge < -0.3 is 14.8 Å². The highest BCUT2D eigenvalue weighted by molar-refractivity contribution is 5.66. The summed E-state index contributed by atoms with van der Waals surface area (Å²) in [6.07, 6.45) is 2.47. The third-order valence-electron chi connectivity index (χ3n) is 2.63. The Morgan fingerprint density at radius 1 is 1.32 bits per heavy atom. The lowest BCUT2D eigenvalue weighted by atomic mass is 10.2. The molecule has 2 aromatic rings. The Hall–Kier alpha value is -2.14. The van der Waals surface area contributed by atoms with E-state index >= 15 is 0 Å². The first kappa shape index (κ1) is 13.3. The van der Waals surface area contributed by atoms with Gasteiger partial charge in [-0.1, -0.05) is 30.3 Å². The van der Waals surface area contributed by atoms with Crippen LogP contribution in [-0.4, -0.2) is 22.6 Å². The number of carbonyl (C=O) groups is 1. The standard InChI is InChI=1S/C14H16N2O3/c17-14(18)7-4-8-15-10-13-16-9-12(19-13)11-5-2-1-3-6-11/h1-3,5-6,9,15H,4,7-8,10H2,(H,17,18). The summed E-state index contributed by atoms with van der Waals surface area (Å²) in [4.78, 5) is 14.5. The van der Waals surface area contributed by atoms with Crippen molar-refractivity contribution in [1.29, 1.82) is 0 Å². The molecule has 0 radical (unpaired) electrons. The molecule has 0 aliphatic heterocycles. The zero-order chi connectivity index (χ0) is 13.5. The molecule has 0 aliphatic rings. The summed E-state index contributed by atoms with van der Waals surface area (Å²) in [6, 6.07) is 9.77. The first-order valence-corrected chi connectivity index (χ1v) is 6.18. The largest absolute Gasteiger partial charge is 0.481 e. The Labute approximate surface area is 111 Å². The van der Waals surface area contributed by atoms with Crippen molar-refractivity contribution in [1.82, 2.24) is 10.3 Å². The number of oxazole rings is 1. The molecule has 19 heavy (non-hydrogen) atoms. The number of hydrogen-bond donors (Lipinski definition) is 2. The van der Waals surface area contributed by atoms with E-state index in [-0.39, 0.29) is 6.42 Å². The zero-order valence-electron chi connectivity index (χ0n) is 10.5. The molecular formula is C14H16N2O3. The van der Waals surface area contributed by atoms with Gasteiger partial charge in [-0.15, -0.1) is 0 Å². The van der Waals surface area contributed by atoms with E-state index in [0.29, 0.717) is 25.4 Å². The number of rotatable bonds is 7. The maximum Gasteiger partial charge on any atom is 0.303 e. The Bertz CT molecular complexity index is 522. The topological polar surface area (TPSA) is 75.4 Å². The second kappa shape index (κ2) is 6.70. The van der Waals surface area contributed by atoms with Gasteiger partial charge >= 0.3 is 5.97 Å². The summed E-state index contributed by atoms with van der Waals surface area (Å²) >= 11 is 0. The van der Waals surface area contributed by atoms with Crippen LogP contribution in [0.2, 0.25) is 0 Å².